The molecule has 17 heavy (non-hydrogen) atoms. The summed E-state index contributed by atoms with van der Waals surface area (Å²) in [5, 5.41) is 2.97. The van der Waals surface area contributed by atoms with E-state index in [0.717, 1.165) is 24.3 Å². The van der Waals surface area contributed by atoms with Gasteiger partial charge in [-0.3, -0.25) is 4.79 Å². The Labute approximate surface area is 107 Å². The second-order valence-corrected chi connectivity index (χ2v) is 5.37. The van der Waals surface area contributed by atoms with Gasteiger partial charge in [-0.2, -0.15) is 11.8 Å². The lowest BCUT2D eigenvalue weighted by atomic mass is 9.79. The first-order chi connectivity index (χ1) is 8.25. The van der Waals surface area contributed by atoms with Gasteiger partial charge in [0.1, 0.15) is 0 Å². The summed E-state index contributed by atoms with van der Waals surface area (Å²) < 4.78 is 5.28. The number of thioether (sulfide) groups is 1. The van der Waals surface area contributed by atoms with E-state index in [1.54, 1.807) is 11.8 Å². The minimum absolute atomic E-state index is 0.0857. The molecule has 0 radical (unpaired) electrons. The highest BCUT2D eigenvalue weighted by Gasteiger charge is 2.38. The number of carbonyl (C=O) groups excluding carboxylic acids is 1. The van der Waals surface area contributed by atoms with Gasteiger partial charge in [-0.1, -0.05) is 6.08 Å². The van der Waals surface area contributed by atoms with Gasteiger partial charge in [0.15, 0.2) is 0 Å². The van der Waals surface area contributed by atoms with Crippen molar-refractivity contribution in [2.24, 2.45) is 11.1 Å². The van der Waals surface area contributed by atoms with Gasteiger partial charge >= 0.3 is 0 Å². The van der Waals surface area contributed by atoms with E-state index in [2.05, 4.69) is 11.9 Å². The molecule has 0 spiro atoms. The Kier molecular flexibility index (Phi) is 6.62. The molecule has 1 heterocycles. The van der Waals surface area contributed by atoms with Gasteiger partial charge in [-0.15, -0.1) is 6.58 Å². The molecule has 1 aliphatic heterocycles. The lowest BCUT2D eigenvalue weighted by Crippen LogP contribution is -2.49. The van der Waals surface area contributed by atoms with Crippen LogP contribution in [0.25, 0.3) is 0 Å². The van der Waals surface area contributed by atoms with Crippen molar-refractivity contribution in [2.75, 3.05) is 37.8 Å². The molecule has 1 aliphatic rings. The number of amides is 1. The Morgan fingerprint density at radius 3 is 2.82 bits per heavy atom. The van der Waals surface area contributed by atoms with Crippen LogP contribution < -0.4 is 11.1 Å². The van der Waals surface area contributed by atoms with Crippen molar-refractivity contribution in [1.82, 2.24) is 5.32 Å². The maximum Gasteiger partial charge on any atom is 0.227 e. The normalized spacial score (nSPS) is 18.6. The summed E-state index contributed by atoms with van der Waals surface area (Å²) in [4.78, 5) is 12.1. The summed E-state index contributed by atoms with van der Waals surface area (Å²) in [6, 6.07) is 0. The van der Waals surface area contributed by atoms with Crippen molar-refractivity contribution in [3.63, 3.8) is 0 Å². The van der Waals surface area contributed by atoms with E-state index in [1.807, 2.05) is 6.08 Å². The maximum absolute atomic E-state index is 12.1. The molecule has 0 bridgehead atoms. The second-order valence-electron chi connectivity index (χ2n) is 4.22. The molecule has 1 saturated heterocycles. The molecule has 1 fully saturated rings. The molecule has 0 atom stereocenters. The van der Waals surface area contributed by atoms with E-state index in [0.29, 0.717) is 26.3 Å². The summed E-state index contributed by atoms with van der Waals surface area (Å²) in [5.41, 5.74) is 5.35. The fourth-order valence-electron chi connectivity index (χ4n) is 1.88. The number of nitrogens with one attached hydrogen (secondary N) is 1. The van der Waals surface area contributed by atoms with Gasteiger partial charge in [-0.25, -0.2) is 0 Å². The molecule has 98 valence electrons. The average molecular weight is 258 g/mol. The van der Waals surface area contributed by atoms with Gasteiger partial charge in [0.2, 0.25) is 5.91 Å². The zero-order valence-electron chi connectivity index (χ0n) is 10.2. The number of hydrogen-bond acceptors (Lipinski definition) is 4. The largest absolute Gasteiger partial charge is 0.381 e. The molecule has 3 N–H and O–H groups in total. The van der Waals surface area contributed by atoms with E-state index < -0.39 is 5.41 Å². The maximum atomic E-state index is 12.1. The van der Waals surface area contributed by atoms with Crippen molar-refractivity contribution >= 4 is 17.7 Å². The highest BCUT2D eigenvalue weighted by molar-refractivity contribution is 7.99. The van der Waals surface area contributed by atoms with Crippen molar-refractivity contribution in [3.8, 4) is 0 Å². The quantitative estimate of drug-likeness (QED) is 0.523. The summed E-state index contributed by atoms with van der Waals surface area (Å²) >= 11 is 1.76. The fraction of sp³-hybridized carbons (Fsp3) is 0.750. The van der Waals surface area contributed by atoms with Crippen LogP contribution in [-0.2, 0) is 9.53 Å². The minimum atomic E-state index is -0.401. The van der Waals surface area contributed by atoms with Crippen LogP contribution in [0, 0.1) is 5.41 Å². The third-order valence-electron chi connectivity index (χ3n) is 3.09. The highest BCUT2D eigenvalue weighted by atomic mass is 32.2. The SMILES string of the molecule is C=CCSCCNC(=O)C1(CN)CCOCC1. The highest BCUT2D eigenvalue weighted by Crippen LogP contribution is 2.29. The van der Waals surface area contributed by atoms with E-state index in [9.17, 15) is 4.79 Å². The number of ether oxygens (including phenoxy) is 1. The summed E-state index contributed by atoms with van der Waals surface area (Å²) in [7, 11) is 0. The van der Waals surface area contributed by atoms with Crippen LogP contribution >= 0.6 is 11.8 Å². The Bertz CT molecular complexity index is 253. The molecule has 0 saturated carbocycles. The molecule has 0 aliphatic carbocycles. The van der Waals surface area contributed by atoms with Crippen molar-refractivity contribution in [3.05, 3.63) is 12.7 Å². The van der Waals surface area contributed by atoms with Crippen LogP contribution in [-0.4, -0.2) is 43.7 Å². The minimum Gasteiger partial charge on any atom is -0.381 e. The van der Waals surface area contributed by atoms with Gasteiger partial charge in [-0.05, 0) is 12.8 Å². The van der Waals surface area contributed by atoms with Crippen LogP contribution in [0.5, 0.6) is 0 Å². The second kappa shape index (κ2) is 7.74. The topological polar surface area (TPSA) is 64.4 Å². The Balaban J connectivity index is 2.30. The zero-order chi connectivity index (χ0) is 12.6. The summed E-state index contributed by atoms with van der Waals surface area (Å²) in [5.74, 6) is 1.92. The van der Waals surface area contributed by atoms with E-state index in [-0.39, 0.29) is 5.91 Å². The summed E-state index contributed by atoms with van der Waals surface area (Å²) in [6.45, 7) is 6.02. The smallest absolute Gasteiger partial charge is 0.227 e. The molecule has 5 heteroatoms. The average Bonchev–Trinajstić information content (AvgIpc) is 2.39. The number of hydrogen-bond donors (Lipinski definition) is 2. The first-order valence-electron chi connectivity index (χ1n) is 6.00. The van der Waals surface area contributed by atoms with Crippen LogP contribution in [0.15, 0.2) is 12.7 Å². The van der Waals surface area contributed by atoms with E-state index >= 15 is 0 Å². The number of nitrogens with two attached hydrogens (primary N) is 1. The third kappa shape index (κ3) is 4.33. The van der Waals surface area contributed by atoms with Crippen molar-refractivity contribution in [1.29, 1.82) is 0 Å². The molecule has 0 aromatic carbocycles. The standard InChI is InChI=1S/C12H22N2O2S/c1-2-8-17-9-5-14-11(15)12(10-13)3-6-16-7-4-12/h2H,1,3-10,13H2,(H,14,15). The van der Waals surface area contributed by atoms with Gasteiger partial charge in [0, 0.05) is 37.8 Å². The van der Waals surface area contributed by atoms with Gasteiger partial charge in [0.05, 0.1) is 5.41 Å². The molecular weight excluding hydrogens is 236 g/mol. The van der Waals surface area contributed by atoms with E-state index in [4.69, 9.17) is 10.5 Å². The molecule has 0 aromatic rings. The van der Waals surface area contributed by atoms with Gasteiger partial charge in [0.25, 0.3) is 0 Å². The zero-order valence-corrected chi connectivity index (χ0v) is 11.1. The molecule has 0 unspecified atom stereocenters. The Hall–Kier alpha value is -0.520. The first-order valence-corrected chi connectivity index (χ1v) is 7.15. The van der Waals surface area contributed by atoms with Crippen LogP contribution in [0.3, 0.4) is 0 Å². The monoisotopic (exact) mass is 258 g/mol. The Morgan fingerprint density at radius 1 is 1.53 bits per heavy atom. The molecular formula is C12H22N2O2S. The van der Waals surface area contributed by atoms with Crippen molar-refractivity contribution in [2.45, 2.75) is 12.8 Å². The molecule has 1 rings (SSSR count). The number of carbonyl (C=O) groups is 1. The summed E-state index contributed by atoms with van der Waals surface area (Å²) in [6.07, 6.45) is 3.33. The van der Waals surface area contributed by atoms with Crippen molar-refractivity contribution < 1.29 is 9.53 Å². The van der Waals surface area contributed by atoms with Crippen LogP contribution in [0.4, 0.5) is 0 Å². The molecule has 1 amide bonds. The predicted molar refractivity (Wildman–Crippen MR) is 72.1 cm³/mol. The van der Waals surface area contributed by atoms with Crippen LogP contribution in [0.2, 0.25) is 0 Å². The fourth-order valence-corrected chi connectivity index (χ4v) is 2.46. The lowest BCUT2D eigenvalue weighted by Gasteiger charge is -2.34. The first kappa shape index (κ1) is 14.5. The van der Waals surface area contributed by atoms with Crippen LogP contribution in [0.1, 0.15) is 12.8 Å². The predicted octanol–water partition coefficient (Wildman–Crippen LogP) is 0.777. The molecule has 0 aromatic heterocycles. The third-order valence-corrected chi connectivity index (χ3v) is 4.05. The Morgan fingerprint density at radius 2 is 2.24 bits per heavy atom. The van der Waals surface area contributed by atoms with Gasteiger partial charge < -0.3 is 15.8 Å². The van der Waals surface area contributed by atoms with E-state index in [1.165, 1.54) is 0 Å². The number of rotatable bonds is 7. The molecule has 4 nitrogen and oxygen atoms in total. The lowest BCUT2D eigenvalue weighted by molar-refractivity contribution is -0.135.